The second-order valence-corrected chi connectivity index (χ2v) is 4.88. The average molecular weight is 251 g/mol. The van der Waals surface area contributed by atoms with E-state index in [1.54, 1.807) is 18.7 Å². The van der Waals surface area contributed by atoms with E-state index in [-0.39, 0.29) is 6.03 Å². The average Bonchev–Trinajstić information content (AvgIpc) is 2.90. The van der Waals surface area contributed by atoms with Crippen molar-refractivity contribution < 1.29 is 4.79 Å². The highest BCUT2D eigenvalue weighted by Crippen LogP contribution is 2.04. The van der Waals surface area contributed by atoms with Crippen molar-refractivity contribution in [3.8, 4) is 0 Å². The van der Waals surface area contributed by atoms with Gasteiger partial charge in [-0.25, -0.2) is 9.78 Å². The van der Waals surface area contributed by atoms with E-state index >= 15 is 0 Å². The summed E-state index contributed by atoms with van der Waals surface area (Å²) in [7, 11) is 4.16. The van der Waals surface area contributed by atoms with E-state index in [1.165, 1.54) is 4.57 Å². The third-order valence-corrected chi connectivity index (χ3v) is 3.23. The molecular weight excluding hydrogens is 230 g/mol. The minimum atomic E-state index is 0.0276. The Bertz CT molecular complexity index is 368. The molecule has 0 spiro atoms. The molecule has 6 heteroatoms. The molecule has 1 amide bonds. The van der Waals surface area contributed by atoms with Gasteiger partial charge >= 0.3 is 6.03 Å². The lowest BCUT2D eigenvalue weighted by Crippen LogP contribution is -2.50. The van der Waals surface area contributed by atoms with E-state index in [1.807, 2.05) is 4.90 Å². The van der Waals surface area contributed by atoms with E-state index in [0.717, 1.165) is 39.3 Å². The van der Waals surface area contributed by atoms with Gasteiger partial charge in [0.05, 0.1) is 0 Å². The maximum atomic E-state index is 12.1. The maximum absolute atomic E-state index is 12.1. The summed E-state index contributed by atoms with van der Waals surface area (Å²) >= 11 is 0. The Morgan fingerprint density at radius 1 is 1.28 bits per heavy atom. The largest absolute Gasteiger partial charge is 0.329 e. The van der Waals surface area contributed by atoms with E-state index in [4.69, 9.17) is 0 Å². The minimum Gasteiger partial charge on any atom is -0.321 e. The summed E-state index contributed by atoms with van der Waals surface area (Å²) in [4.78, 5) is 22.4. The van der Waals surface area contributed by atoms with Crippen LogP contribution in [0.3, 0.4) is 0 Å². The van der Waals surface area contributed by atoms with Crippen LogP contribution in [0.2, 0.25) is 0 Å². The van der Waals surface area contributed by atoms with E-state index in [2.05, 4.69) is 28.9 Å². The summed E-state index contributed by atoms with van der Waals surface area (Å²) in [5.41, 5.74) is 0. The van der Waals surface area contributed by atoms with E-state index in [9.17, 15) is 4.79 Å². The number of piperazine rings is 1. The number of carbonyl (C=O) groups excluding carboxylic acids is 1. The van der Waals surface area contributed by atoms with Crippen LogP contribution in [0, 0.1) is 0 Å². The van der Waals surface area contributed by atoms with E-state index in [0.29, 0.717) is 0 Å². The highest BCUT2D eigenvalue weighted by atomic mass is 16.2. The van der Waals surface area contributed by atoms with Crippen LogP contribution in [0.5, 0.6) is 0 Å². The topological polar surface area (TPSA) is 44.6 Å². The first-order chi connectivity index (χ1) is 8.66. The zero-order valence-corrected chi connectivity index (χ0v) is 11.1. The smallest absolute Gasteiger partial charge is 0.321 e. The number of carbonyl (C=O) groups is 1. The van der Waals surface area contributed by atoms with E-state index < -0.39 is 0 Å². The summed E-state index contributed by atoms with van der Waals surface area (Å²) in [5, 5.41) is 0. The lowest BCUT2D eigenvalue weighted by atomic mass is 10.3. The molecule has 0 unspecified atom stereocenters. The monoisotopic (exact) mass is 251 g/mol. The molecule has 0 aromatic carbocycles. The molecule has 18 heavy (non-hydrogen) atoms. The van der Waals surface area contributed by atoms with Crippen LogP contribution < -0.4 is 0 Å². The predicted octanol–water partition coefficient (Wildman–Crippen LogP) is 0.0304. The van der Waals surface area contributed by atoms with Crippen LogP contribution in [0.25, 0.3) is 0 Å². The standard InChI is InChI=1S/C12H21N5O/c1-14(2)5-6-15-7-9-16(10-8-15)12(18)17-4-3-13-11-17/h3-4,11H,5-10H2,1-2H3. The highest BCUT2D eigenvalue weighted by Gasteiger charge is 2.21. The van der Waals surface area contributed by atoms with Crippen LogP contribution in [-0.2, 0) is 0 Å². The number of hydrogen-bond donors (Lipinski definition) is 0. The quantitative estimate of drug-likeness (QED) is 0.760. The summed E-state index contributed by atoms with van der Waals surface area (Å²) in [6.45, 7) is 5.63. The first-order valence-corrected chi connectivity index (χ1v) is 6.31. The molecule has 1 aliphatic rings. The van der Waals surface area contributed by atoms with Gasteiger partial charge in [-0.3, -0.25) is 9.47 Å². The van der Waals surface area contributed by atoms with Crippen molar-refractivity contribution in [3.05, 3.63) is 18.7 Å². The molecule has 6 nitrogen and oxygen atoms in total. The van der Waals surface area contributed by atoms with Crippen molar-refractivity contribution in [3.63, 3.8) is 0 Å². The summed E-state index contributed by atoms with van der Waals surface area (Å²) in [5.74, 6) is 0. The van der Waals surface area contributed by atoms with Crippen molar-refractivity contribution in [1.29, 1.82) is 0 Å². The van der Waals surface area contributed by atoms with Gasteiger partial charge in [-0.1, -0.05) is 0 Å². The SMILES string of the molecule is CN(C)CCN1CCN(C(=O)n2ccnc2)CC1. The fourth-order valence-corrected chi connectivity index (χ4v) is 2.04. The molecule has 0 N–H and O–H groups in total. The van der Waals surface area contributed by atoms with Gasteiger partial charge in [-0.05, 0) is 14.1 Å². The molecule has 1 fully saturated rings. The number of imidazole rings is 1. The number of likely N-dealkylation sites (N-methyl/N-ethyl adjacent to an activating group) is 1. The van der Waals surface area contributed by atoms with Crippen molar-refractivity contribution in [2.75, 3.05) is 53.4 Å². The molecule has 0 bridgehead atoms. The van der Waals surface area contributed by atoms with Crippen LogP contribution in [0.15, 0.2) is 18.7 Å². The molecule has 0 atom stereocenters. The second-order valence-electron chi connectivity index (χ2n) is 4.88. The van der Waals surface area contributed by atoms with Crippen molar-refractivity contribution >= 4 is 6.03 Å². The van der Waals surface area contributed by atoms with Crippen molar-refractivity contribution in [1.82, 2.24) is 24.3 Å². The first-order valence-electron chi connectivity index (χ1n) is 6.31. The molecule has 0 aliphatic carbocycles. The van der Waals surface area contributed by atoms with Gasteiger partial charge in [-0.2, -0.15) is 0 Å². The number of nitrogens with zero attached hydrogens (tertiary/aromatic N) is 5. The number of amides is 1. The van der Waals surface area contributed by atoms with Gasteiger partial charge in [0, 0.05) is 51.7 Å². The fourth-order valence-electron chi connectivity index (χ4n) is 2.04. The third kappa shape index (κ3) is 3.30. The zero-order valence-electron chi connectivity index (χ0n) is 11.1. The molecule has 0 radical (unpaired) electrons. The Hall–Kier alpha value is -1.40. The summed E-state index contributed by atoms with van der Waals surface area (Å²) in [6, 6.07) is 0.0276. The van der Waals surface area contributed by atoms with Gasteiger partial charge in [0.1, 0.15) is 6.33 Å². The summed E-state index contributed by atoms with van der Waals surface area (Å²) in [6.07, 6.45) is 4.88. The van der Waals surface area contributed by atoms with Crippen molar-refractivity contribution in [2.24, 2.45) is 0 Å². The fraction of sp³-hybridized carbons (Fsp3) is 0.667. The first kappa shape index (κ1) is 13.0. The second kappa shape index (κ2) is 5.97. The van der Waals surface area contributed by atoms with Crippen molar-refractivity contribution in [2.45, 2.75) is 0 Å². The number of hydrogen-bond acceptors (Lipinski definition) is 4. The Morgan fingerprint density at radius 3 is 2.56 bits per heavy atom. The normalized spacial score (nSPS) is 17.4. The Labute approximate surface area is 108 Å². The molecule has 2 rings (SSSR count). The Kier molecular flexibility index (Phi) is 4.33. The molecule has 1 aromatic rings. The van der Waals surface area contributed by atoms with Crippen LogP contribution >= 0.6 is 0 Å². The molecule has 1 aliphatic heterocycles. The zero-order chi connectivity index (χ0) is 13.0. The van der Waals surface area contributed by atoms with Crippen LogP contribution in [0.4, 0.5) is 4.79 Å². The maximum Gasteiger partial charge on any atom is 0.329 e. The van der Waals surface area contributed by atoms with Gasteiger partial charge in [0.2, 0.25) is 0 Å². The number of aromatic nitrogens is 2. The molecular formula is C12H21N5O. The molecule has 100 valence electrons. The lowest BCUT2D eigenvalue weighted by molar-refractivity contribution is 0.134. The third-order valence-electron chi connectivity index (χ3n) is 3.23. The molecule has 2 heterocycles. The molecule has 0 saturated carbocycles. The van der Waals surface area contributed by atoms with Crippen LogP contribution in [-0.4, -0.2) is 83.6 Å². The minimum absolute atomic E-state index is 0.0276. The summed E-state index contributed by atoms with van der Waals surface area (Å²) < 4.78 is 1.54. The van der Waals surface area contributed by atoms with Gasteiger partial charge in [-0.15, -0.1) is 0 Å². The lowest BCUT2D eigenvalue weighted by Gasteiger charge is -2.35. The highest BCUT2D eigenvalue weighted by molar-refractivity contribution is 5.76. The van der Waals surface area contributed by atoms with Crippen LogP contribution in [0.1, 0.15) is 0 Å². The Balaban J connectivity index is 1.78. The molecule has 1 saturated heterocycles. The van der Waals surface area contributed by atoms with Gasteiger partial charge < -0.3 is 9.80 Å². The molecule has 1 aromatic heterocycles. The Morgan fingerprint density at radius 2 is 2.00 bits per heavy atom. The van der Waals surface area contributed by atoms with Gasteiger partial charge in [0.25, 0.3) is 0 Å². The predicted molar refractivity (Wildman–Crippen MR) is 69.6 cm³/mol. The van der Waals surface area contributed by atoms with Gasteiger partial charge in [0.15, 0.2) is 0 Å². The number of rotatable bonds is 3.